The van der Waals surface area contributed by atoms with Crippen LogP contribution in [-0.4, -0.2) is 5.71 Å². The van der Waals surface area contributed by atoms with Crippen LogP contribution in [0.1, 0.15) is 16.7 Å². The number of hydrogen-bond acceptors (Lipinski definition) is 2. The molecule has 0 amide bonds. The minimum Gasteiger partial charge on any atom is -0.484 e. The maximum absolute atomic E-state index is 14.9. The summed E-state index contributed by atoms with van der Waals surface area (Å²) in [6.07, 6.45) is 0. The van der Waals surface area contributed by atoms with Crippen LogP contribution in [0, 0.1) is 11.6 Å². The molecule has 0 heterocycles. The zero-order chi connectivity index (χ0) is 21.6. The third kappa shape index (κ3) is 4.81. The number of ether oxygens (including phenoxy) is 1. The van der Waals surface area contributed by atoms with Crippen molar-refractivity contribution in [2.75, 3.05) is 0 Å². The predicted octanol–water partition coefficient (Wildman–Crippen LogP) is 7.37. The van der Waals surface area contributed by atoms with Crippen LogP contribution in [0.25, 0.3) is 0 Å². The molecule has 0 atom stereocenters. The lowest BCUT2D eigenvalue weighted by molar-refractivity contribution is 0.285. The second-order valence-electron chi connectivity index (χ2n) is 6.80. The zero-order valence-electron chi connectivity index (χ0n) is 16.4. The number of nitrogens with zero attached hydrogens (tertiary/aromatic N) is 1. The van der Waals surface area contributed by atoms with Gasteiger partial charge < -0.3 is 4.74 Å². The number of hydrogen-bond donors (Lipinski definition) is 0. The van der Waals surface area contributed by atoms with Crippen molar-refractivity contribution in [2.45, 2.75) is 6.61 Å². The average Bonchev–Trinajstić information content (AvgIpc) is 2.82. The molecule has 0 spiro atoms. The fourth-order valence-electron chi connectivity index (χ4n) is 3.12. The summed E-state index contributed by atoms with van der Waals surface area (Å²) < 4.78 is 35.2. The Morgan fingerprint density at radius 3 is 1.81 bits per heavy atom. The van der Waals surface area contributed by atoms with Gasteiger partial charge in [0.25, 0.3) is 0 Å². The molecule has 0 bridgehead atoms. The maximum atomic E-state index is 14.9. The van der Waals surface area contributed by atoms with Gasteiger partial charge in [-0.25, -0.2) is 9.38 Å². The second kappa shape index (κ2) is 9.54. The van der Waals surface area contributed by atoms with Gasteiger partial charge in [0, 0.05) is 11.1 Å². The van der Waals surface area contributed by atoms with E-state index in [1.807, 2.05) is 91.0 Å². The van der Waals surface area contributed by atoms with E-state index in [0.29, 0.717) is 5.71 Å². The van der Waals surface area contributed by atoms with E-state index in [9.17, 15) is 8.78 Å². The van der Waals surface area contributed by atoms with E-state index in [2.05, 4.69) is 4.99 Å². The van der Waals surface area contributed by atoms with E-state index in [-0.39, 0.29) is 23.1 Å². The molecule has 4 aromatic carbocycles. The van der Waals surface area contributed by atoms with Gasteiger partial charge in [-0.2, -0.15) is 4.39 Å². The highest BCUT2D eigenvalue weighted by Crippen LogP contribution is 2.36. The molecular formula is C26H18ClF2NO. The van der Waals surface area contributed by atoms with Gasteiger partial charge in [0.15, 0.2) is 11.6 Å². The zero-order valence-corrected chi connectivity index (χ0v) is 17.2. The lowest BCUT2D eigenvalue weighted by Crippen LogP contribution is -2.04. The standard InChI is InChI=1S/C26H18ClF2NO/c27-21-16-22(23(28)24(29)26(21)31-17-18-10-4-1-5-11-18)30-25(19-12-6-2-7-13-19)20-14-8-3-9-15-20/h1-16H,17H2. The Balaban J connectivity index is 1.73. The van der Waals surface area contributed by atoms with Crippen molar-refractivity contribution in [3.8, 4) is 5.75 Å². The molecule has 0 saturated heterocycles. The third-order valence-electron chi connectivity index (χ3n) is 4.65. The van der Waals surface area contributed by atoms with E-state index < -0.39 is 11.6 Å². The Hall–Kier alpha value is -3.50. The first-order valence-electron chi connectivity index (χ1n) is 9.67. The molecule has 5 heteroatoms. The number of aliphatic imine (C=N–C) groups is 1. The summed E-state index contributed by atoms with van der Waals surface area (Å²) in [7, 11) is 0. The quantitative estimate of drug-likeness (QED) is 0.230. The van der Waals surface area contributed by atoms with Crippen LogP contribution < -0.4 is 4.74 Å². The monoisotopic (exact) mass is 433 g/mol. The molecule has 0 aromatic heterocycles. The Labute approximate surface area is 184 Å². The van der Waals surface area contributed by atoms with Crippen molar-refractivity contribution < 1.29 is 13.5 Å². The van der Waals surface area contributed by atoms with Gasteiger partial charge in [0.2, 0.25) is 5.82 Å². The first kappa shape index (κ1) is 20.8. The van der Waals surface area contributed by atoms with Gasteiger partial charge in [-0.05, 0) is 11.6 Å². The summed E-state index contributed by atoms with van der Waals surface area (Å²) in [6.45, 7) is 0.0683. The molecule has 0 aliphatic rings. The molecular weight excluding hydrogens is 416 g/mol. The summed E-state index contributed by atoms with van der Waals surface area (Å²) in [5.74, 6) is -2.61. The lowest BCUT2D eigenvalue weighted by atomic mass is 10.0. The Morgan fingerprint density at radius 1 is 0.742 bits per heavy atom. The second-order valence-corrected chi connectivity index (χ2v) is 7.21. The molecule has 0 N–H and O–H groups in total. The van der Waals surface area contributed by atoms with Crippen LogP contribution in [0.15, 0.2) is 102 Å². The molecule has 154 valence electrons. The van der Waals surface area contributed by atoms with Crippen LogP contribution >= 0.6 is 11.6 Å². The minimum absolute atomic E-state index is 0.0472. The fraction of sp³-hybridized carbons (Fsp3) is 0.0385. The maximum Gasteiger partial charge on any atom is 0.204 e. The van der Waals surface area contributed by atoms with E-state index in [1.54, 1.807) is 0 Å². The highest BCUT2D eigenvalue weighted by molar-refractivity contribution is 6.32. The lowest BCUT2D eigenvalue weighted by Gasteiger charge is -2.12. The van der Waals surface area contributed by atoms with Crippen LogP contribution in [0.2, 0.25) is 5.02 Å². The normalized spacial score (nSPS) is 10.5. The SMILES string of the molecule is Fc1c(N=C(c2ccccc2)c2ccccc2)cc(Cl)c(OCc2ccccc2)c1F. The number of benzene rings is 4. The predicted molar refractivity (Wildman–Crippen MR) is 120 cm³/mol. The summed E-state index contributed by atoms with van der Waals surface area (Å²) in [6, 6.07) is 29.1. The smallest absolute Gasteiger partial charge is 0.204 e. The Bertz CT molecular complexity index is 1160. The molecule has 0 radical (unpaired) electrons. The summed E-state index contributed by atoms with van der Waals surface area (Å²) in [4.78, 5) is 4.44. The van der Waals surface area contributed by atoms with Crippen LogP contribution in [0.3, 0.4) is 0 Å². The summed E-state index contributed by atoms with van der Waals surface area (Å²) >= 11 is 6.25. The molecule has 31 heavy (non-hydrogen) atoms. The van der Waals surface area contributed by atoms with Crippen LogP contribution in [0.4, 0.5) is 14.5 Å². The molecule has 0 aliphatic heterocycles. The third-order valence-corrected chi connectivity index (χ3v) is 4.93. The van der Waals surface area contributed by atoms with Gasteiger partial charge in [0.1, 0.15) is 12.3 Å². The number of halogens is 3. The summed E-state index contributed by atoms with van der Waals surface area (Å²) in [5, 5.41) is -0.0472. The number of rotatable bonds is 6. The van der Waals surface area contributed by atoms with E-state index in [0.717, 1.165) is 16.7 Å². The van der Waals surface area contributed by atoms with Crippen molar-refractivity contribution in [3.05, 3.63) is 130 Å². The molecule has 4 rings (SSSR count). The highest BCUT2D eigenvalue weighted by Gasteiger charge is 2.20. The Kier molecular flexibility index (Phi) is 6.39. The molecule has 2 nitrogen and oxygen atoms in total. The van der Waals surface area contributed by atoms with Crippen molar-refractivity contribution in [2.24, 2.45) is 4.99 Å². The van der Waals surface area contributed by atoms with Gasteiger partial charge in [-0.15, -0.1) is 0 Å². The van der Waals surface area contributed by atoms with Gasteiger partial charge in [-0.3, -0.25) is 0 Å². The van der Waals surface area contributed by atoms with Crippen molar-refractivity contribution >= 4 is 23.0 Å². The van der Waals surface area contributed by atoms with Gasteiger partial charge >= 0.3 is 0 Å². The van der Waals surface area contributed by atoms with Crippen LogP contribution in [-0.2, 0) is 6.61 Å². The molecule has 4 aromatic rings. The molecule has 0 unspecified atom stereocenters. The van der Waals surface area contributed by atoms with E-state index in [1.165, 1.54) is 6.07 Å². The first-order valence-corrected chi connectivity index (χ1v) is 10.0. The van der Waals surface area contributed by atoms with Gasteiger partial charge in [-0.1, -0.05) is 103 Å². The van der Waals surface area contributed by atoms with E-state index >= 15 is 0 Å². The molecule has 0 fully saturated rings. The van der Waals surface area contributed by atoms with Crippen molar-refractivity contribution in [1.82, 2.24) is 0 Å². The highest BCUT2D eigenvalue weighted by atomic mass is 35.5. The topological polar surface area (TPSA) is 21.6 Å². The minimum atomic E-state index is -1.16. The fourth-order valence-corrected chi connectivity index (χ4v) is 3.36. The Morgan fingerprint density at radius 2 is 1.26 bits per heavy atom. The van der Waals surface area contributed by atoms with Gasteiger partial charge in [0.05, 0.1) is 10.7 Å². The molecule has 0 aliphatic carbocycles. The average molecular weight is 434 g/mol. The van der Waals surface area contributed by atoms with E-state index in [4.69, 9.17) is 16.3 Å². The largest absolute Gasteiger partial charge is 0.484 e. The molecule has 0 saturated carbocycles. The van der Waals surface area contributed by atoms with Crippen LogP contribution in [0.5, 0.6) is 5.75 Å². The summed E-state index contributed by atoms with van der Waals surface area (Å²) in [5.41, 5.74) is 2.67. The van der Waals surface area contributed by atoms with Crippen molar-refractivity contribution in [3.63, 3.8) is 0 Å². The van der Waals surface area contributed by atoms with Crippen molar-refractivity contribution in [1.29, 1.82) is 0 Å². The first-order chi connectivity index (χ1) is 15.1.